The van der Waals surface area contributed by atoms with E-state index in [0.717, 1.165) is 0 Å². The van der Waals surface area contributed by atoms with Crippen molar-refractivity contribution < 1.29 is 17.9 Å². The van der Waals surface area contributed by atoms with Gasteiger partial charge in [-0.25, -0.2) is 13.1 Å². The molecule has 0 aliphatic rings. The molecule has 0 radical (unpaired) electrons. The molecular formula is C14H24N2O4S. The summed E-state index contributed by atoms with van der Waals surface area (Å²) in [6.07, 6.45) is 1.22. The van der Waals surface area contributed by atoms with Crippen molar-refractivity contribution in [3.8, 4) is 11.5 Å². The van der Waals surface area contributed by atoms with Gasteiger partial charge in [-0.15, -0.1) is 0 Å². The fourth-order valence-electron chi connectivity index (χ4n) is 2.06. The van der Waals surface area contributed by atoms with E-state index in [1.165, 1.54) is 26.4 Å². The van der Waals surface area contributed by atoms with Gasteiger partial charge in [0.25, 0.3) is 0 Å². The van der Waals surface area contributed by atoms with Crippen molar-refractivity contribution in [3.63, 3.8) is 0 Å². The summed E-state index contributed by atoms with van der Waals surface area (Å²) in [7, 11) is -0.804. The molecule has 120 valence electrons. The molecule has 0 aliphatic carbocycles. The van der Waals surface area contributed by atoms with E-state index in [4.69, 9.17) is 15.2 Å². The van der Waals surface area contributed by atoms with Crippen molar-refractivity contribution >= 4 is 10.0 Å². The summed E-state index contributed by atoms with van der Waals surface area (Å²) in [6.45, 7) is 4.05. The summed E-state index contributed by atoms with van der Waals surface area (Å²) in [5.41, 5.74) is 5.10. The van der Waals surface area contributed by atoms with Crippen LogP contribution in [0.5, 0.6) is 11.5 Å². The lowest BCUT2D eigenvalue weighted by molar-refractivity contribution is 0.359. The van der Waals surface area contributed by atoms with Crippen molar-refractivity contribution in [2.24, 2.45) is 5.73 Å². The van der Waals surface area contributed by atoms with Gasteiger partial charge >= 0.3 is 0 Å². The van der Waals surface area contributed by atoms with Crippen LogP contribution < -0.4 is 19.9 Å². The second kappa shape index (κ2) is 7.11. The van der Waals surface area contributed by atoms with Gasteiger partial charge in [-0.3, -0.25) is 0 Å². The Balaban J connectivity index is 3.25. The summed E-state index contributed by atoms with van der Waals surface area (Å²) in [4.78, 5) is 0.0746. The molecule has 0 amide bonds. The average molecular weight is 316 g/mol. The first-order valence-electron chi connectivity index (χ1n) is 6.84. The van der Waals surface area contributed by atoms with Gasteiger partial charge in [0, 0.05) is 18.2 Å². The second-order valence-corrected chi connectivity index (χ2v) is 6.46. The van der Waals surface area contributed by atoms with Crippen LogP contribution in [0, 0.1) is 0 Å². The standard InChI is InChI=1S/C14H24N2O4S/c1-5-14(6-2,10-15)16-21(17,18)13-8-7-11(19-3)9-12(13)20-4/h7-9,16H,5-6,10,15H2,1-4H3. The minimum absolute atomic E-state index is 0.0746. The lowest BCUT2D eigenvalue weighted by Gasteiger charge is -2.31. The number of benzene rings is 1. The highest BCUT2D eigenvalue weighted by molar-refractivity contribution is 7.89. The maximum absolute atomic E-state index is 12.6. The Morgan fingerprint density at radius 1 is 1.19 bits per heavy atom. The molecule has 0 heterocycles. The summed E-state index contributed by atoms with van der Waals surface area (Å²) in [5.74, 6) is 0.766. The highest BCUT2D eigenvalue weighted by atomic mass is 32.2. The predicted molar refractivity (Wildman–Crippen MR) is 82.2 cm³/mol. The molecule has 0 saturated carbocycles. The fraction of sp³-hybridized carbons (Fsp3) is 0.571. The van der Waals surface area contributed by atoms with Crippen LogP contribution in [0.3, 0.4) is 0 Å². The number of nitrogens with one attached hydrogen (secondary N) is 1. The van der Waals surface area contributed by atoms with Crippen LogP contribution in [-0.4, -0.2) is 34.7 Å². The second-order valence-electron chi connectivity index (χ2n) is 4.81. The largest absolute Gasteiger partial charge is 0.497 e. The van der Waals surface area contributed by atoms with Gasteiger partial charge < -0.3 is 15.2 Å². The number of hydrogen-bond acceptors (Lipinski definition) is 5. The Hall–Kier alpha value is -1.31. The van der Waals surface area contributed by atoms with Crippen LogP contribution in [0.15, 0.2) is 23.1 Å². The van der Waals surface area contributed by atoms with Crippen molar-refractivity contribution in [2.45, 2.75) is 37.1 Å². The molecule has 1 rings (SSSR count). The smallest absolute Gasteiger partial charge is 0.244 e. The first kappa shape index (κ1) is 17.7. The molecule has 1 aromatic carbocycles. The van der Waals surface area contributed by atoms with E-state index < -0.39 is 15.6 Å². The summed E-state index contributed by atoms with van der Waals surface area (Å²) >= 11 is 0. The Kier molecular flexibility index (Phi) is 6.00. The van der Waals surface area contributed by atoms with Gasteiger partial charge in [0.05, 0.1) is 14.2 Å². The Bertz CT molecular complexity index is 560. The van der Waals surface area contributed by atoms with Gasteiger partial charge in [-0.1, -0.05) is 13.8 Å². The van der Waals surface area contributed by atoms with Gasteiger partial charge in [0.15, 0.2) is 0 Å². The van der Waals surface area contributed by atoms with E-state index in [1.54, 1.807) is 6.07 Å². The molecule has 0 unspecified atom stereocenters. The third kappa shape index (κ3) is 3.87. The zero-order valence-corrected chi connectivity index (χ0v) is 13.8. The molecule has 21 heavy (non-hydrogen) atoms. The SMILES string of the molecule is CCC(CC)(CN)NS(=O)(=O)c1ccc(OC)cc1OC. The molecule has 0 spiro atoms. The first-order chi connectivity index (χ1) is 9.87. The number of methoxy groups -OCH3 is 2. The van der Waals surface area contributed by atoms with E-state index in [0.29, 0.717) is 18.6 Å². The zero-order chi connectivity index (χ0) is 16.1. The Morgan fingerprint density at radius 3 is 2.24 bits per heavy atom. The molecule has 0 bridgehead atoms. The van der Waals surface area contributed by atoms with Gasteiger partial charge in [-0.05, 0) is 25.0 Å². The van der Waals surface area contributed by atoms with E-state index in [2.05, 4.69) is 4.72 Å². The minimum atomic E-state index is -3.73. The molecule has 1 aromatic rings. The molecular weight excluding hydrogens is 292 g/mol. The molecule has 0 aromatic heterocycles. The number of hydrogen-bond donors (Lipinski definition) is 2. The van der Waals surface area contributed by atoms with Crippen LogP contribution in [-0.2, 0) is 10.0 Å². The predicted octanol–water partition coefficient (Wildman–Crippen LogP) is 1.50. The quantitative estimate of drug-likeness (QED) is 0.758. The van der Waals surface area contributed by atoms with E-state index in [-0.39, 0.29) is 17.2 Å². The maximum atomic E-state index is 12.6. The van der Waals surface area contributed by atoms with Crippen molar-refractivity contribution in [1.29, 1.82) is 0 Å². The van der Waals surface area contributed by atoms with Crippen LogP contribution in [0.2, 0.25) is 0 Å². The van der Waals surface area contributed by atoms with Crippen LogP contribution in [0.1, 0.15) is 26.7 Å². The van der Waals surface area contributed by atoms with Gasteiger partial charge in [0.2, 0.25) is 10.0 Å². The van der Waals surface area contributed by atoms with Gasteiger partial charge in [-0.2, -0.15) is 0 Å². The highest BCUT2D eigenvalue weighted by Crippen LogP contribution is 2.29. The normalized spacial score (nSPS) is 12.2. The highest BCUT2D eigenvalue weighted by Gasteiger charge is 2.32. The molecule has 0 atom stereocenters. The maximum Gasteiger partial charge on any atom is 0.244 e. The van der Waals surface area contributed by atoms with Crippen LogP contribution in [0.25, 0.3) is 0 Å². The van der Waals surface area contributed by atoms with Gasteiger partial charge in [0.1, 0.15) is 16.4 Å². The minimum Gasteiger partial charge on any atom is -0.497 e. The van der Waals surface area contributed by atoms with Crippen molar-refractivity contribution in [1.82, 2.24) is 4.72 Å². The lowest BCUT2D eigenvalue weighted by atomic mass is 9.95. The number of nitrogens with two attached hydrogens (primary N) is 1. The number of ether oxygens (including phenoxy) is 2. The summed E-state index contributed by atoms with van der Waals surface area (Å²) in [5, 5.41) is 0. The molecule has 3 N–H and O–H groups in total. The topological polar surface area (TPSA) is 90.7 Å². The summed E-state index contributed by atoms with van der Waals surface area (Å²) in [6, 6.07) is 4.59. The van der Waals surface area contributed by atoms with Crippen LogP contribution >= 0.6 is 0 Å². The molecule has 6 nitrogen and oxygen atoms in total. The van der Waals surface area contributed by atoms with E-state index >= 15 is 0 Å². The fourth-order valence-corrected chi connectivity index (χ4v) is 3.77. The lowest BCUT2D eigenvalue weighted by Crippen LogP contribution is -2.52. The number of sulfonamides is 1. The Labute approximate surface area is 126 Å². The van der Waals surface area contributed by atoms with Crippen molar-refractivity contribution in [3.05, 3.63) is 18.2 Å². The summed E-state index contributed by atoms with van der Waals surface area (Å²) < 4.78 is 38.2. The third-order valence-corrected chi connectivity index (χ3v) is 5.37. The van der Waals surface area contributed by atoms with E-state index in [1.807, 2.05) is 13.8 Å². The zero-order valence-electron chi connectivity index (χ0n) is 13.0. The Morgan fingerprint density at radius 2 is 1.81 bits per heavy atom. The van der Waals surface area contributed by atoms with Crippen LogP contribution in [0.4, 0.5) is 0 Å². The first-order valence-corrected chi connectivity index (χ1v) is 8.32. The van der Waals surface area contributed by atoms with Crippen molar-refractivity contribution in [2.75, 3.05) is 20.8 Å². The third-order valence-electron chi connectivity index (χ3n) is 3.76. The molecule has 7 heteroatoms. The molecule has 0 saturated heterocycles. The monoisotopic (exact) mass is 316 g/mol. The molecule has 0 fully saturated rings. The van der Waals surface area contributed by atoms with E-state index in [9.17, 15) is 8.42 Å². The molecule has 0 aliphatic heterocycles. The number of rotatable bonds is 8. The average Bonchev–Trinajstić information content (AvgIpc) is 2.51.